The number of nitrogens with one attached hydrogen (secondary N) is 1. The average Bonchev–Trinajstić information content (AvgIpc) is 3.33. The predicted molar refractivity (Wildman–Crippen MR) is 100 cm³/mol. The van der Waals surface area contributed by atoms with Crippen molar-refractivity contribution in [2.75, 3.05) is 6.54 Å². The van der Waals surface area contributed by atoms with Crippen LogP contribution in [0.3, 0.4) is 0 Å². The summed E-state index contributed by atoms with van der Waals surface area (Å²) in [5.41, 5.74) is 1.12. The van der Waals surface area contributed by atoms with E-state index in [1.54, 1.807) is 17.2 Å². The monoisotopic (exact) mass is 423 g/mol. The van der Waals surface area contributed by atoms with Crippen LogP contribution in [0.2, 0.25) is 0 Å². The van der Waals surface area contributed by atoms with Crippen molar-refractivity contribution < 1.29 is 23.7 Å². The minimum Gasteiger partial charge on any atom is -0.357 e. The van der Waals surface area contributed by atoms with E-state index in [1.165, 1.54) is 6.33 Å². The molecule has 12 heteroatoms. The van der Waals surface area contributed by atoms with Crippen LogP contribution in [-0.2, 0) is 25.7 Å². The van der Waals surface area contributed by atoms with E-state index in [9.17, 15) is 19.2 Å². The molecule has 1 unspecified atom stereocenters. The molecule has 5 heterocycles. The third-order valence-corrected chi connectivity index (χ3v) is 5.48. The number of piperidine rings is 1. The number of carbonyl (C=O) groups excluding carboxylic acids is 4. The van der Waals surface area contributed by atoms with Crippen molar-refractivity contribution in [2.45, 2.75) is 38.3 Å². The van der Waals surface area contributed by atoms with Crippen molar-refractivity contribution >= 4 is 23.6 Å². The van der Waals surface area contributed by atoms with Gasteiger partial charge in [-0.3, -0.25) is 29.4 Å². The lowest BCUT2D eigenvalue weighted by Crippen LogP contribution is -2.55. The minimum absolute atomic E-state index is 0.0790. The molecule has 0 saturated carbocycles. The second-order valence-electron chi connectivity index (χ2n) is 7.41. The largest absolute Gasteiger partial charge is 0.357 e. The third kappa shape index (κ3) is 3.25. The number of carbonyl (C=O) groups is 4. The maximum Gasteiger partial charge on any atom is 0.278 e. The molecule has 0 aromatic carbocycles. The Morgan fingerprint density at radius 3 is 2.81 bits per heavy atom. The highest BCUT2D eigenvalue weighted by Crippen LogP contribution is 2.34. The van der Waals surface area contributed by atoms with Gasteiger partial charge >= 0.3 is 0 Å². The molecule has 0 spiro atoms. The highest BCUT2D eigenvalue weighted by Gasteiger charge is 2.48. The van der Waals surface area contributed by atoms with Gasteiger partial charge in [0.05, 0.1) is 6.54 Å². The molecule has 3 aliphatic rings. The van der Waals surface area contributed by atoms with E-state index in [0.717, 1.165) is 4.90 Å². The van der Waals surface area contributed by atoms with Crippen molar-refractivity contribution in [2.24, 2.45) is 0 Å². The van der Waals surface area contributed by atoms with Crippen molar-refractivity contribution in [3.8, 4) is 11.5 Å². The average molecular weight is 423 g/mol. The van der Waals surface area contributed by atoms with Crippen molar-refractivity contribution in [1.82, 2.24) is 35.2 Å². The van der Waals surface area contributed by atoms with Crippen LogP contribution in [-0.4, -0.2) is 66.1 Å². The fourth-order valence-corrected chi connectivity index (χ4v) is 4.07. The normalized spacial score (nSPS) is 21.6. The maximum absolute atomic E-state index is 13.2. The van der Waals surface area contributed by atoms with Crippen LogP contribution in [0.1, 0.15) is 31.6 Å². The summed E-state index contributed by atoms with van der Waals surface area (Å²) in [5.74, 6) is -1.49. The van der Waals surface area contributed by atoms with Crippen molar-refractivity contribution in [3.05, 3.63) is 35.8 Å². The van der Waals surface area contributed by atoms with Gasteiger partial charge in [-0.2, -0.15) is 4.98 Å². The second kappa shape index (κ2) is 7.38. The number of amides is 4. The third-order valence-electron chi connectivity index (χ3n) is 5.48. The van der Waals surface area contributed by atoms with Gasteiger partial charge in [0.15, 0.2) is 0 Å². The molecule has 1 atom stereocenters. The lowest BCUT2D eigenvalue weighted by Gasteiger charge is -2.29. The molecule has 1 fully saturated rings. The molecular weight excluding hydrogens is 406 g/mol. The highest BCUT2D eigenvalue weighted by molar-refractivity contribution is 6.21. The summed E-state index contributed by atoms with van der Waals surface area (Å²) in [6, 6.07) is 0.658. The zero-order valence-electron chi connectivity index (χ0n) is 16.3. The molecule has 0 aliphatic carbocycles. The van der Waals surface area contributed by atoms with Crippen LogP contribution >= 0.6 is 0 Å². The Bertz CT molecular complexity index is 1130. The van der Waals surface area contributed by atoms with Crippen LogP contribution in [0.15, 0.2) is 34.4 Å². The van der Waals surface area contributed by atoms with Gasteiger partial charge < -0.3 is 9.42 Å². The first-order chi connectivity index (χ1) is 15.0. The van der Waals surface area contributed by atoms with E-state index < -0.39 is 29.7 Å². The van der Waals surface area contributed by atoms with Gasteiger partial charge in [0, 0.05) is 24.7 Å². The van der Waals surface area contributed by atoms with E-state index in [1.807, 2.05) is 0 Å². The summed E-state index contributed by atoms with van der Waals surface area (Å²) in [6.07, 6.45) is 4.24. The van der Waals surface area contributed by atoms with Gasteiger partial charge in [0.1, 0.15) is 23.8 Å². The van der Waals surface area contributed by atoms with Crippen LogP contribution in [0.5, 0.6) is 0 Å². The quantitative estimate of drug-likeness (QED) is 0.640. The first-order valence-corrected chi connectivity index (χ1v) is 9.81. The number of imide groups is 2. The van der Waals surface area contributed by atoms with Gasteiger partial charge in [-0.1, -0.05) is 5.16 Å². The molecule has 1 saturated heterocycles. The first-order valence-electron chi connectivity index (χ1n) is 9.81. The fourth-order valence-electron chi connectivity index (χ4n) is 4.07. The molecule has 1 N–H and O–H groups in total. The molecule has 31 heavy (non-hydrogen) atoms. The Kier molecular flexibility index (Phi) is 4.53. The molecule has 158 valence electrons. The topological polar surface area (TPSA) is 151 Å². The zero-order valence-corrected chi connectivity index (χ0v) is 16.3. The maximum atomic E-state index is 13.2. The van der Waals surface area contributed by atoms with Gasteiger partial charge in [-0.15, -0.1) is 0 Å². The van der Waals surface area contributed by atoms with E-state index in [-0.39, 0.29) is 31.0 Å². The number of nitrogens with zero attached hydrogens (tertiary/aromatic N) is 6. The first kappa shape index (κ1) is 19.0. The molecule has 3 aliphatic heterocycles. The molecule has 0 bridgehead atoms. The SMILES string of the molecule is O=C1CCC(N2C(=O)C3=C(C2=O)N(Cc2nc(-c4ccncn4)no2)CCC3)C(=O)N1. The van der Waals surface area contributed by atoms with Gasteiger partial charge in [0.25, 0.3) is 11.8 Å². The number of rotatable bonds is 4. The smallest absolute Gasteiger partial charge is 0.278 e. The van der Waals surface area contributed by atoms with Crippen LogP contribution in [0, 0.1) is 0 Å². The molecule has 2 aromatic heterocycles. The zero-order chi connectivity index (χ0) is 21.5. The lowest BCUT2D eigenvalue weighted by atomic mass is 10.0. The summed E-state index contributed by atoms with van der Waals surface area (Å²) in [5, 5.41) is 6.11. The Morgan fingerprint density at radius 2 is 2.03 bits per heavy atom. The Balaban J connectivity index is 1.38. The van der Waals surface area contributed by atoms with Gasteiger partial charge in [-0.25, -0.2) is 9.97 Å². The van der Waals surface area contributed by atoms with Crippen molar-refractivity contribution in [3.63, 3.8) is 0 Å². The summed E-state index contributed by atoms with van der Waals surface area (Å²) < 4.78 is 5.31. The number of hydrogen-bond acceptors (Lipinski definition) is 10. The van der Waals surface area contributed by atoms with E-state index in [0.29, 0.717) is 36.5 Å². The Hall–Kier alpha value is -3.96. The Morgan fingerprint density at radius 1 is 1.16 bits per heavy atom. The minimum atomic E-state index is -0.988. The second-order valence-corrected chi connectivity index (χ2v) is 7.41. The van der Waals surface area contributed by atoms with Crippen LogP contribution < -0.4 is 5.32 Å². The summed E-state index contributed by atoms with van der Waals surface area (Å²) in [4.78, 5) is 64.7. The van der Waals surface area contributed by atoms with E-state index >= 15 is 0 Å². The Labute approximate surface area is 175 Å². The highest BCUT2D eigenvalue weighted by atomic mass is 16.5. The molecule has 5 rings (SSSR count). The molecule has 0 radical (unpaired) electrons. The van der Waals surface area contributed by atoms with E-state index in [4.69, 9.17) is 4.52 Å². The molecular formula is C19H17N7O5. The summed E-state index contributed by atoms with van der Waals surface area (Å²) >= 11 is 0. The predicted octanol–water partition coefficient (Wildman–Crippen LogP) is -0.449. The molecule has 12 nitrogen and oxygen atoms in total. The van der Waals surface area contributed by atoms with E-state index in [2.05, 4.69) is 25.4 Å². The lowest BCUT2D eigenvalue weighted by molar-refractivity contribution is -0.150. The number of aromatic nitrogens is 4. The van der Waals surface area contributed by atoms with Gasteiger partial charge in [0.2, 0.25) is 23.5 Å². The summed E-state index contributed by atoms with van der Waals surface area (Å²) in [6.45, 7) is 0.658. The van der Waals surface area contributed by atoms with Gasteiger partial charge in [-0.05, 0) is 25.3 Å². The molecule has 4 amide bonds. The summed E-state index contributed by atoms with van der Waals surface area (Å²) in [7, 11) is 0. The molecule has 2 aromatic rings. The van der Waals surface area contributed by atoms with Crippen LogP contribution in [0.25, 0.3) is 11.5 Å². The fraction of sp³-hybridized carbons (Fsp3) is 0.368. The van der Waals surface area contributed by atoms with Crippen molar-refractivity contribution in [1.29, 1.82) is 0 Å². The van der Waals surface area contributed by atoms with Crippen LogP contribution in [0.4, 0.5) is 0 Å². The standard InChI is InChI=1S/C19H17N7O5/c27-13-4-3-12(17(28)22-13)26-18(29)10-2-1-7-25(15(10)19(26)30)8-14-23-16(24-31-14)11-5-6-20-9-21-11/h5-6,9,12H,1-4,7-8H2,(H,22,27,28). The number of hydrogen-bond donors (Lipinski definition) is 1.